The summed E-state index contributed by atoms with van der Waals surface area (Å²) in [5.74, 6) is -0.109. The molecular weight excluding hydrogens is 424 g/mol. The Morgan fingerprint density at radius 3 is 2.70 bits per heavy atom. The molecule has 0 radical (unpaired) electrons. The van der Waals surface area contributed by atoms with Gasteiger partial charge in [0.2, 0.25) is 5.91 Å². The Morgan fingerprint density at radius 2 is 2.00 bits per heavy atom. The van der Waals surface area contributed by atoms with E-state index in [1.165, 1.54) is 0 Å². The predicted molar refractivity (Wildman–Crippen MR) is 123 cm³/mol. The van der Waals surface area contributed by atoms with Crippen LogP contribution >= 0.6 is 0 Å². The number of hydrogen-bond donors (Lipinski definition) is 3. The number of aliphatic hydroxyl groups excluding tert-OH is 1. The zero-order valence-electron chi connectivity index (χ0n) is 18.4. The van der Waals surface area contributed by atoms with E-state index in [2.05, 4.69) is 10.4 Å². The molecule has 2 aromatic rings. The summed E-state index contributed by atoms with van der Waals surface area (Å²) >= 11 is 0. The molecule has 3 amide bonds. The lowest BCUT2D eigenvalue weighted by Crippen LogP contribution is -2.59. The maximum atomic E-state index is 12.7. The first-order valence-corrected chi connectivity index (χ1v) is 11.0. The molecule has 0 spiro atoms. The number of urea groups is 1. The number of carbonyl (C=O) groups is 2. The van der Waals surface area contributed by atoms with Crippen LogP contribution in [-0.4, -0.2) is 59.3 Å². The van der Waals surface area contributed by atoms with E-state index in [0.717, 1.165) is 28.9 Å². The number of phenolic OH excluding ortho intramolecular Hbond substituents is 1. The van der Waals surface area contributed by atoms with Crippen LogP contribution in [0.3, 0.4) is 0 Å². The predicted octanol–water partition coefficient (Wildman–Crippen LogP) is 2.54. The number of phenols is 1. The van der Waals surface area contributed by atoms with Crippen molar-refractivity contribution >= 4 is 23.8 Å². The van der Waals surface area contributed by atoms with Gasteiger partial charge in [0.25, 0.3) is 0 Å². The molecule has 0 bridgehead atoms. The summed E-state index contributed by atoms with van der Waals surface area (Å²) in [5.41, 5.74) is 2.34. The minimum atomic E-state index is -0.561. The van der Waals surface area contributed by atoms with Gasteiger partial charge in [-0.25, -0.2) is 9.69 Å². The number of carbonyl (C=O) groups excluding carboxylic acids is 2. The largest absolute Gasteiger partial charge is 0.508 e. The molecule has 3 atom stereocenters. The number of nitrogens with zero attached hydrogens (tertiary/aromatic N) is 3. The molecule has 2 aliphatic rings. The van der Waals surface area contributed by atoms with Gasteiger partial charge in [0.05, 0.1) is 30.5 Å². The molecule has 3 unspecified atom stereocenters. The lowest BCUT2D eigenvalue weighted by Gasteiger charge is -2.34. The van der Waals surface area contributed by atoms with Crippen LogP contribution in [0.2, 0.25) is 0 Å². The van der Waals surface area contributed by atoms with Crippen LogP contribution < -0.4 is 10.2 Å². The monoisotopic (exact) mass is 452 g/mol. The van der Waals surface area contributed by atoms with Gasteiger partial charge in [0.15, 0.2) is 0 Å². The zero-order valence-corrected chi connectivity index (χ0v) is 18.4. The molecule has 0 aromatic heterocycles. The third kappa shape index (κ3) is 5.32. The van der Waals surface area contributed by atoms with E-state index in [9.17, 15) is 14.7 Å². The van der Waals surface area contributed by atoms with Crippen molar-refractivity contribution in [3.8, 4) is 5.75 Å². The molecule has 9 heteroatoms. The van der Waals surface area contributed by atoms with Crippen molar-refractivity contribution in [1.29, 1.82) is 0 Å². The Kier molecular flexibility index (Phi) is 6.90. The minimum Gasteiger partial charge on any atom is -0.508 e. The van der Waals surface area contributed by atoms with Gasteiger partial charge in [0.1, 0.15) is 11.9 Å². The second-order valence-corrected chi connectivity index (χ2v) is 8.21. The van der Waals surface area contributed by atoms with E-state index in [1.807, 2.05) is 6.07 Å². The van der Waals surface area contributed by atoms with E-state index in [-0.39, 0.29) is 36.9 Å². The second kappa shape index (κ2) is 10.0. The van der Waals surface area contributed by atoms with E-state index >= 15 is 0 Å². The third-order valence-corrected chi connectivity index (χ3v) is 5.87. The highest BCUT2D eigenvalue weighted by atomic mass is 16.5. The molecule has 3 N–H and O–H groups in total. The van der Waals surface area contributed by atoms with Crippen LogP contribution in [-0.2, 0) is 16.0 Å². The van der Waals surface area contributed by atoms with Crippen LogP contribution in [0.15, 0.2) is 53.6 Å². The fourth-order valence-electron chi connectivity index (χ4n) is 4.06. The van der Waals surface area contributed by atoms with Crippen molar-refractivity contribution < 1.29 is 24.5 Å². The molecule has 2 aliphatic heterocycles. The Hall–Kier alpha value is -3.43. The summed E-state index contributed by atoms with van der Waals surface area (Å²) in [4.78, 5) is 26.5. The molecule has 2 fully saturated rings. The summed E-state index contributed by atoms with van der Waals surface area (Å²) in [5, 5.41) is 27.5. The van der Waals surface area contributed by atoms with E-state index in [0.29, 0.717) is 12.1 Å². The van der Waals surface area contributed by atoms with Gasteiger partial charge in [-0.1, -0.05) is 24.3 Å². The molecule has 2 aromatic carbocycles. The Bertz CT molecular complexity index is 1010. The highest BCUT2D eigenvalue weighted by molar-refractivity contribution is 6.16. The van der Waals surface area contributed by atoms with Crippen molar-refractivity contribution in [2.75, 3.05) is 18.6 Å². The van der Waals surface area contributed by atoms with E-state index < -0.39 is 12.2 Å². The summed E-state index contributed by atoms with van der Waals surface area (Å²) in [6.07, 6.45) is 3.03. The molecule has 0 saturated carbocycles. The standard InChI is InChI=1S/C24H28N4O5/c1-27(25-15-20-9-10-21(33-20)17-3-2-4-19(30)13-17)22-14-23(31)28(24(32)26-22)18-7-5-16(6-8-18)11-12-29/h2-8,13,15,20-22,29-30H,9-12,14H2,1H3,(H,26,32)/b25-15+. The Labute approximate surface area is 192 Å². The van der Waals surface area contributed by atoms with Crippen molar-refractivity contribution in [3.63, 3.8) is 0 Å². The number of aliphatic hydroxyl groups is 1. The average Bonchev–Trinajstić information content (AvgIpc) is 3.27. The summed E-state index contributed by atoms with van der Waals surface area (Å²) in [6, 6.07) is 13.5. The van der Waals surface area contributed by atoms with Gasteiger partial charge in [-0.3, -0.25) is 9.80 Å². The van der Waals surface area contributed by atoms with E-state index in [4.69, 9.17) is 9.84 Å². The summed E-state index contributed by atoms with van der Waals surface area (Å²) in [7, 11) is 1.70. The number of benzene rings is 2. The molecule has 2 saturated heterocycles. The number of aromatic hydroxyl groups is 1. The van der Waals surface area contributed by atoms with Crippen LogP contribution in [0.5, 0.6) is 5.75 Å². The molecule has 174 valence electrons. The van der Waals surface area contributed by atoms with Gasteiger partial charge < -0.3 is 20.3 Å². The maximum Gasteiger partial charge on any atom is 0.330 e. The quantitative estimate of drug-likeness (QED) is 0.439. The summed E-state index contributed by atoms with van der Waals surface area (Å²) in [6.45, 7) is 0.0411. The number of hydrogen-bond acceptors (Lipinski definition) is 7. The van der Waals surface area contributed by atoms with Crippen LogP contribution in [0.1, 0.15) is 36.5 Å². The van der Waals surface area contributed by atoms with Gasteiger partial charge in [-0.15, -0.1) is 0 Å². The normalized spacial score (nSPS) is 23.2. The molecule has 0 aliphatic carbocycles. The first-order chi connectivity index (χ1) is 15.9. The van der Waals surface area contributed by atoms with Crippen LogP contribution in [0.4, 0.5) is 10.5 Å². The van der Waals surface area contributed by atoms with Gasteiger partial charge in [-0.05, 0) is 54.7 Å². The number of hydrazone groups is 1. The van der Waals surface area contributed by atoms with Crippen molar-refractivity contribution in [3.05, 3.63) is 59.7 Å². The lowest BCUT2D eigenvalue weighted by molar-refractivity contribution is -0.120. The minimum absolute atomic E-state index is 0.0411. The second-order valence-electron chi connectivity index (χ2n) is 8.21. The SMILES string of the molecule is CN(/N=C/C1CCC(c2cccc(O)c2)O1)C1CC(=O)N(c2ccc(CCO)cc2)C(=O)N1. The maximum absolute atomic E-state index is 12.7. The number of amides is 3. The average molecular weight is 453 g/mol. The zero-order chi connectivity index (χ0) is 23.4. The molecule has 9 nitrogen and oxygen atoms in total. The van der Waals surface area contributed by atoms with Gasteiger partial charge in [-0.2, -0.15) is 5.10 Å². The van der Waals surface area contributed by atoms with Gasteiger partial charge in [0, 0.05) is 13.7 Å². The highest BCUT2D eigenvalue weighted by Gasteiger charge is 2.35. The molecule has 2 heterocycles. The number of imide groups is 1. The van der Waals surface area contributed by atoms with Crippen molar-refractivity contribution in [2.24, 2.45) is 5.10 Å². The molecule has 33 heavy (non-hydrogen) atoms. The van der Waals surface area contributed by atoms with Crippen molar-refractivity contribution in [2.45, 2.75) is 44.1 Å². The number of anilines is 1. The topological polar surface area (TPSA) is 115 Å². The number of rotatable bonds is 7. The first kappa shape index (κ1) is 22.8. The van der Waals surface area contributed by atoms with E-state index in [1.54, 1.807) is 60.7 Å². The van der Waals surface area contributed by atoms with Crippen molar-refractivity contribution in [1.82, 2.24) is 10.3 Å². The molecule has 4 rings (SSSR count). The first-order valence-electron chi connectivity index (χ1n) is 11.0. The number of nitrogens with one attached hydrogen (secondary N) is 1. The summed E-state index contributed by atoms with van der Waals surface area (Å²) < 4.78 is 6.02. The van der Waals surface area contributed by atoms with Crippen LogP contribution in [0.25, 0.3) is 0 Å². The lowest BCUT2D eigenvalue weighted by atomic mass is 10.1. The number of ether oxygens (including phenoxy) is 1. The fraction of sp³-hybridized carbons (Fsp3) is 0.375. The smallest absolute Gasteiger partial charge is 0.330 e. The third-order valence-electron chi connectivity index (χ3n) is 5.87. The Balaban J connectivity index is 1.33. The Morgan fingerprint density at radius 1 is 1.21 bits per heavy atom. The molecular formula is C24H28N4O5. The highest BCUT2D eigenvalue weighted by Crippen LogP contribution is 2.33. The van der Waals surface area contributed by atoms with Crippen LogP contribution in [0, 0.1) is 0 Å². The van der Waals surface area contributed by atoms with Gasteiger partial charge >= 0.3 is 6.03 Å². The fourth-order valence-corrected chi connectivity index (χ4v) is 4.06.